The molecule has 1 saturated heterocycles. The number of methoxy groups -OCH3 is 1. The van der Waals surface area contributed by atoms with Gasteiger partial charge in [-0.15, -0.1) is 0 Å². The number of benzene rings is 2. The topological polar surface area (TPSA) is 161 Å². The quantitative estimate of drug-likeness (QED) is 0.165. The van der Waals surface area contributed by atoms with Crippen LogP contribution >= 0.6 is 0 Å². The maximum atomic E-state index is 14.4. The molecule has 3 atom stereocenters. The molecule has 4 heterocycles. The molecule has 1 amide bonds. The van der Waals surface area contributed by atoms with Crippen LogP contribution in [-0.2, 0) is 19.1 Å². The second-order valence-electron chi connectivity index (χ2n) is 11.3. The van der Waals surface area contributed by atoms with Crippen molar-refractivity contribution in [3.8, 4) is 34.5 Å². The van der Waals surface area contributed by atoms with E-state index in [1.807, 2.05) is 0 Å². The minimum absolute atomic E-state index is 0.0294. The summed E-state index contributed by atoms with van der Waals surface area (Å²) >= 11 is 0. The Morgan fingerprint density at radius 2 is 1.71 bits per heavy atom. The molecule has 1 fully saturated rings. The summed E-state index contributed by atoms with van der Waals surface area (Å²) in [6.07, 6.45) is 3.21. The van der Waals surface area contributed by atoms with Crippen molar-refractivity contribution in [2.45, 2.75) is 52.7 Å². The second-order valence-corrected chi connectivity index (χ2v) is 11.3. The van der Waals surface area contributed by atoms with E-state index in [0.29, 0.717) is 28.0 Å². The lowest BCUT2D eigenvalue weighted by molar-refractivity contribution is -0.148. The monoisotopic (exact) mass is 620 g/mol. The molecule has 4 aliphatic rings. The number of allylic oxidation sites excluding steroid dienone is 1. The van der Waals surface area contributed by atoms with Crippen molar-refractivity contribution in [1.82, 2.24) is 9.80 Å². The fourth-order valence-corrected chi connectivity index (χ4v) is 6.67. The lowest BCUT2D eigenvalue weighted by Gasteiger charge is -2.52. The predicted octanol–water partition coefficient (Wildman–Crippen LogP) is 3.36. The highest BCUT2D eigenvalue weighted by atomic mass is 16.7. The Hall–Kier alpha value is -5.04. The highest BCUT2D eigenvalue weighted by Crippen LogP contribution is 2.59. The Morgan fingerprint density at radius 1 is 1.02 bits per heavy atom. The molecule has 0 aliphatic carbocycles. The summed E-state index contributed by atoms with van der Waals surface area (Å²) in [5, 5.41) is 22.7. The Labute approximate surface area is 258 Å². The lowest BCUT2D eigenvalue weighted by Crippen LogP contribution is -2.62. The maximum Gasteiger partial charge on any atom is 0.333 e. The number of phenols is 2. The number of nitrogens with zero attached hydrogens (tertiary/aromatic N) is 2. The maximum absolute atomic E-state index is 14.4. The van der Waals surface area contributed by atoms with E-state index in [-0.39, 0.29) is 58.8 Å². The molecule has 0 saturated carbocycles. The molecule has 0 unspecified atom stereocenters. The van der Waals surface area contributed by atoms with Gasteiger partial charge in [0.25, 0.3) is 5.91 Å². The standard InChI is InChI=1S/C32H32N2O11/c1-8-12(2)32(40)42-10-18-19-16(27(45-15(5)35)14(4)29-30(19)44-11-43-29)9-17-22-20-21(24(36)13(3)28(41-7)26(20)38)25(37)23(33(22)6)31(39)34(17)18/h8-9,18,22-23,36,38H,10-11H2,1-7H3/b12-8-/t18-,22-,23-/m0/s1. The highest BCUT2D eigenvalue weighted by molar-refractivity contribution is 6.18. The fraction of sp³-hybridized carbons (Fsp3) is 0.375. The van der Waals surface area contributed by atoms with Crippen LogP contribution in [0.2, 0.25) is 0 Å². The van der Waals surface area contributed by atoms with Gasteiger partial charge in [0.05, 0.1) is 18.7 Å². The van der Waals surface area contributed by atoms with Gasteiger partial charge in [0.15, 0.2) is 34.8 Å². The summed E-state index contributed by atoms with van der Waals surface area (Å²) in [7, 11) is 2.89. The number of esters is 2. The fourth-order valence-electron chi connectivity index (χ4n) is 6.67. The number of fused-ring (bicyclic) bond motifs is 9. The van der Waals surface area contributed by atoms with Crippen molar-refractivity contribution < 1.29 is 53.1 Å². The number of rotatable bonds is 5. The van der Waals surface area contributed by atoms with Crippen molar-refractivity contribution in [1.29, 1.82) is 0 Å². The van der Waals surface area contributed by atoms with E-state index in [1.54, 1.807) is 40.0 Å². The Kier molecular flexibility index (Phi) is 7.03. The number of carbonyl (C=O) groups excluding carboxylic acids is 4. The molecule has 6 rings (SSSR count). The Balaban J connectivity index is 1.68. The zero-order valence-electron chi connectivity index (χ0n) is 25.8. The molecule has 2 aromatic carbocycles. The number of carbonyl (C=O) groups is 4. The van der Waals surface area contributed by atoms with E-state index >= 15 is 0 Å². The molecule has 2 bridgehead atoms. The van der Waals surface area contributed by atoms with Gasteiger partial charge in [-0.25, -0.2) is 4.79 Å². The van der Waals surface area contributed by atoms with Gasteiger partial charge in [0, 0.05) is 46.0 Å². The summed E-state index contributed by atoms with van der Waals surface area (Å²) in [5.74, 6) is -2.69. The largest absolute Gasteiger partial charge is 0.507 e. The summed E-state index contributed by atoms with van der Waals surface area (Å²) in [4.78, 5) is 56.5. The molecule has 4 aliphatic heterocycles. The zero-order valence-corrected chi connectivity index (χ0v) is 25.8. The first-order chi connectivity index (χ1) is 21.3. The molecule has 13 heteroatoms. The Morgan fingerprint density at radius 3 is 2.36 bits per heavy atom. The summed E-state index contributed by atoms with van der Waals surface area (Å²) in [6, 6.07) is -3.43. The van der Waals surface area contributed by atoms with E-state index in [9.17, 15) is 29.4 Å². The number of Topliss-reactive ketones (excluding diaryl/α,β-unsaturated/α-hetero) is 1. The first kappa shape index (κ1) is 30.0. The third-order valence-electron chi connectivity index (χ3n) is 8.87. The van der Waals surface area contributed by atoms with Crippen LogP contribution in [0.4, 0.5) is 0 Å². The van der Waals surface area contributed by atoms with E-state index in [2.05, 4.69) is 0 Å². The van der Waals surface area contributed by atoms with Gasteiger partial charge < -0.3 is 38.8 Å². The van der Waals surface area contributed by atoms with Crippen molar-refractivity contribution in [2.24, 2.45) is 0 Å². The van der Waals surface area contributed by atoms with Gasteiger partial charge in [0.1, 0.15) is 24.1 Å². The third kappa shape index (κ3) is 4.10. The van der Waals surface area contributed by atoms with Crippen LogP contribution in [0.25, 0.3) is 6.08 Å². The van der Waals surface area contributed by atoms with Crippen LogP contribution in [0.1, 0.15) is 71.0 Å². The molecular formula is C32H32N2O11. The lowest BCUT2D eigenvalue weighted by atomic mass is 9.77. The molecule has 0 radical (unpaired) electrons. The SMILES string of the molecule is C/C=C(/C)C(=O)OC[C@H]1c2c(c(OC(C)=O)c(C)c3c2OCO3)C=C2[C@H]3c4c(O)c(OC)c(C)c(O)c4C(=O)[C@@H](C(=O)N21)N3C. The highest BCUT2D eigenvalue weighted by Gasteiger charge is 2.57. The summed E-state index contributed by atoms with van der Waals surface area (Å²) < 4.78 is 28.4. The number of hydrogen-bond donors (Lipinski definition) is 2. The molecule has 45 heavy (non-hydrogen) atoms. The first-order valence-corrected chi connectivity index (χ1v) is 14.2. The average Bonchev–Trinajstić information content (AvgIpc) is 3.49. The van der Waals surface area contributed by atoms with E-state index < -0.39 is 47.5 Å². The molecule has 0 spiro atoms. The van der Waals surface area contributed by atoms with Gasteiger partial charge in [-0.2, -0.15) is 0 Å². The van der Waals surface area contributed by atoms with Gasteiger partial charge in [-0.05, 0) is 40.8 Å². The third-order valence-corrected chi connectivity index (χ3v) is 8.87. The molecule has 0 aromatic heterocycles. The van der Waals surface area contributed by atoms with Gasteiger partial charge in [-0.3, -0.25) is 19.3 Å². The van der Waals surface area contributed by atoms with Crippen LogP contribution in [0.3, 0.4) is 0 Å². The van der Waals surface area contributed by atoms with Crippen LogP contribution in [0, 0.1) is 13.8 Å². The van der Waals surface area contributed by atoms with E-state index in [4.69, 9.17) is 23.7 Å². The number of ketones is 1. The number of likely N-dealkylation sites (N-methyl/N-ethyl adjacent to an activating group) is 1. The molecule has 13 nitrogen and oxygen atoms in total. The number of ether oxygens (including phenoxy) is 5. The predicted molar refractivity (Wildman–Crippen MR) is 156 cm³/mol. The average molecular weight is 621 g/mol. The summed E-state index contributed by atoms with van der Waals surface area (Å²) in [5.41, 5.74) is 1.79. The van der Waals surface area contributed by atoms with E-state index in [0.717, 1.165) is 0 Å². The zero-order chi connectivity index (χ0) is 32.6. The molecule has 2 aromatic rings. The molecule has 2 N–H and O–H groups in total. The van der Waals surface area contributed by atoms with Crippen molar-refractivity contribution in [3.63, 3.8) is 0 Å². The normalized spacial score (nSPS) is 21.5. The number of hydrogen-bond acceptors (Lipinski definition) is 12. The van der Waals surface area contributed by atoms with Crippen molar-refractivity contribution in [3.05, 3.63) is 50.7 Å². The van der Waals surface area contributed by atoms with Gasteiger partial charge in [-0.1, -0.05) is 6.08 Å². The minimum atomic E-state index is -1.39. The first-order valence-electron chi connectivity index (χ1n) is 14.2. The van der Waals surface area contributed by atoms with Crippen molar-refractivity contribution >= 4 is 29.7 Å². The van der Waals surface area contributed by atoms with E-state index in [1.165, 1.54) is 30.8 Å². The van der Waals surface area contributed by atoms with Crippen molar-refractivity contribution in [2.75, 3.05) is 27.6 Å². The second kappa shape index (κ2) is 10.5. The molecule has 236 valence electrons. The number of amides is 1. The molecular weight excluding hydrogens is 588 g/mol. The van der Waals surface area contributed by atoms with Crippen LogP contribution in [0.15, 0.2) is 17.3 Å². The van der Waals surface area contributed by atoms with Crippen LogP contribution in [-0.4, -0.2) is 77.2 Å². The number of phenolic OH excluding ortho intramolecular Hbond substituents is 2. The van der Waals surface area contributed by atoms with Gasteiger partial charge >= 0.3 is 11.9 Å². The summed E-state index contributed by atoms with van der Waals surface area (Å²) in [6.45, 7) is 7.20. The van der Waals surface area contributed by atoms with Crippen LogP contribution in [0.5, 0.6) is 34.5 Å². The Bertz CT molecular complexity index is 1790. The number of aromatic hydroxyl groups is 2. The minimum Gasteiger partial charge on any atom is -0.507 e. The van der Waals surface area contributed by atoms with Crippen LogP contribution < -0.4 is 18.9 Å². The van der Waals surface area contributed by atoms with Gasteiger partial charge in [0.2, 0.25) is 6.79 Å². The number of piperazine rings is 1. The smallest absolute Gasteiger partial charge is 0.333 e.